The Kier molecular flexibility index (Phi) is 9.81. The minimum Gasteiger partial charge on any atom is -0.493 e. The third kappa shape index (κ3) is 7.37. The molecule has 1 N–H and O–H groups in total. The first-order valence-corrected chi connectivity index (χ1v) is 12.1. The molecular weight excluding hydrogens is 536 g/mol. The highest BCUT2D eigenvalue weighted by atomic mass is 79.9. The van der Waals surface area contributed by atoms with Crippen molar-refractivity contribution in [2.75, 3.05) is 20.3 Å². The molecule has 0 saturated carbocycles. The number of amides is 1. The molecule has 3 rings (SSSR count). The minimum atomic E-state index is -0.378. The topological polar surface area (TPSA) is 78.4 Å². The van der Waals surface area contributed by atoms with Crippen LogP contribution in [0.15, 0.2) is 64.2 Å². The molecule has 0 aliphatic heterocycles. The van der Waals surface area contributed by atoms with Gasteiger partial charge in [0.05, 0.1) is 31.0 Å². The second-order valence-corrected chi connectivity index (χ2v) is 8.47. The fourth-order valence-electron chi connectivity index (χ4n) is 3.12. The van der Waals surface area contributed by atoms with Gasteiger partial charge in [0.25, 0.3) is 5.91 Å². The summed E-state index contributed by atoms with van der Waals surface area (Å²) in [4.78, 5) is 12.5. The average molecular weight is 562 g/mol. The van der Waals surface area contributed by atoms with E-state index >= 15 is 0 Å². The molecule has 0 saturated heterocycles. The lowest BCUT2D eigenvalue weighted by molar-refractivity contribution is 0.0954. The van der Waals surface area contributed by atoms with Crippen LogP contribution >= 0.6 is 27.5 Å². The molecule has 35 heavy (non-hydrogen) atoms. The molecular formula is C26H26BrClN2O5. The first kappa shape index (κ1) is 26.4. The molecule has 7 nitrogen and oxygen atoms in total. The van der Waals surface area contributed by atoms with Crippen molar-refractivity contribution in [1.82, 2.24) is 5.43 Å². The van der Waals surface area contributed by atoms with Gasteiger partial charge in [-0.25, -0.2) is 5.43 Å². The Bertz CT molecular complexity index is 1190. The Balaban J connectivity index is 1.71. The Labute approximate surface area is 218 Å². The van der Waals surface area contributed by atoms with Gasteiger partial charge in [-0.05, 0) is 83.4 Å². The number of nitrogens with zero attached hydrogens (tertiary/aromatic N) is 1. The van der Waals surface area contributed by atoms with E-state index in [1.807, 2.05) is 44.2 Å². The smallest absolute Gasteiger partial charge is 0.271 e. The van der Waals surface area contributed by atoms with Crippen molar-refractivity contribution in [3.63, 3.8) is 0 Å². The maximum atomic E-state index is 12.5. The second-order valence-electron chi connectivity index (χ2n) is 7.18. The van der Waals surface area contributed by atoms with Gasteiger partial charge < -0.3 is 18.9 Å². The predicted molar refractivity (Wildman–Crippen MR) is 140 cm³/mol. The number of halogens is 2. The highest BCUT2D eigenvalue weighted by Gasteiger charge is 2.13. The van der Waals surface area contributed by atoms with E-state index in [0.29, 0.717) is 63.4 Å². The average Bonchev–Trinajstić information content (AvgIpc) is 2.85. The fourth-order valence-corrected chi connectivity index (χ4v) is 3.82. The van der Waals surface area contributed by atoms with E-state index in [9.17, 15) is 4.79 Å². The zero-order valence-electron chi connectivity index (χ0n) is 19.6. The Morgan fingerprint density at radius 2 is 1.69 bits per heavy atom. The molecule has 0 spiro atoms. The number of nitrogens with one attached hydrogen (secondary N) is 1. The van der Waals surface area contributed by atoms with Gasteiger partial charge in [0, 0.05) is 10.6 Å². The van der Waals surface area contributed by atoms with Crippen molar-refractivity contribution in [2.24, 2.45) is 5.10 Å². The van der Waals surface area contributed by atoms with E-state index in [4.69, 9.17) is 30.5 Å². The Hall–Kier alpha value is -3.23. The zero-order valence-corrected chi connectivity index (χ0v) is 22.0. The van der Waals surface area contributed by atoms with Crippen LogP contribution in [-0.4, -0.2) is 32.4 Å². The van der Waals surface area contributed by atoms with Crippen LogP contribution < -0.4 is 24.4 Å². The molecule has 0 fully saturated rings. The number of methoxy groups -OCH3 is 1. The molecule has 0 atom stereocenters. The number of hydrogen-bond acceptors (Lipinski definition) is 6. The van der Waals surface area contributed by atoms with Crippen LogP contribution in [0, 0.1) is 0 Å². The number of benzene rings is 3. The van der Waals surface area contributed by atoms with Crippen LogP contribution in [0.3, 0.4) is 0 Å². The van der Waals surface area contributed by atoms with E-state index in [2.05, 4.69) is 26.5 Å². The number of carbonyl (C=O) groups is 1. The highest BCUT2D eigenvalue weighted by molar-refractivity contribution is 9.10. The molecule has 0 radical (unpaired) electrons. The molecule has 0 aliphatic rings. The van der Waals surface area contributed by atoms with Crippen molar-refractivity contribution < 1.29 is 23.7 Å². The molecule has 9 heteroatoms. The summed E-state index contributed by atoms with van der Waals surface area (Å²) in [6, 6.07) is 16.0. The van der Waals surface area contributed by atoms with E-state index in [0.717, 1.165) is 5.56 Å². The van der Waals surface area contributed by atoms with Gasteiger partial charge in [0.2, 0.25) is 0 Å². The number of carbonyl (C=O) groups excluding carboxylic acids is 1. The van der Waals surface area contributed by atoms with Gasteiger partial charge in [-0.1, -0.05) is 23.7 Å². The van der Waals surface area contributed by atoms with Crippen LogP contribution in [0.2, 0.25) is 5.02 Å². The van der Waals surface area contributed by atoms with Crippen molar-refractivity contribution in [1.29, 1.82) is 0 Å². The molecule has 184 valence electrons. The van der Waals surface area contributed by atoms with Gasteiger partial charge >= 0.3 is 0 Å². The third-order valence-corrected chi connectivity index (χ3v) is 5.57. The van der Waals surface area contributed by atoms with Crippen molar-refractivity contribution >= 4 is 39.7 Å². The van der Waals surface area contributed by atoms with E-state index in [1.54, 1.807) is 31.4 Å². The van der Waals surface area contributed by atoms with Crippen molar-refractivity contribution in [3.05, 3.63) is 80.8 Å². The van der Waals surface area contributed by atoms with Crippen molar-refractivity contribution in [2.45, 2.75) is 20.5 Å². The van der Waals surface area contributed by atoms with Gasteiger partial charge in [-0.2, -0.15) is 5.10 Å². The van der Waals surface area contributed by atoms with Crippen LogP contribution in [-0.2, 0) is 6.61 Å². The number of ether oxygens (including phenoxy) is 4. The molecule has 0 unspecified atom stereocenters. The number of rotatable bonds is 11. The summed E-state index contributed by atoms with van der Waals surface area (Å²) < 4.78 is 23.2. The quantitative estimate of drug-likeness (QED) is 0.221. The van der Waals surface area contributed by atoms with E-state index in [1.165, 1.54) is 6.21 Å². The zero-order chi connectivity index (χ0) is 25.2. The predicted octanol–water partition coefficient (Wildman–Crippen LogP) is 6.25. The summed E-state index contributed by atoms with van der Waals surface area (Å²) in [7, 11) is 1.55. The van der Waals surface area contributed by atoms with E-state index in [-0.39, 0.29) is 5.91 Å². The maximum Gasteiger partial charge on any atom is 0.271 e. The first-order valence-electron chi connectivity index (χ1n) is 10.9. The number of hydrazone groups is 1. The normalized spacial score (nSPS) is 10.8. The standard InChI is InChI=1S/C26H26BrClN2O5/c1-4-33-23-14-19(8-11-22(23)32-3)26(31)30-29-15-18-12-21(27)25(24(13-18)34-5-2)35-16-17-6-9-20(28)10-7-17/h6-15H,4-5,16H2,1-3H3,(H,30,31)/b29-15+. The molecule has 0 aromatic heterocycles. The molecule has 0 aliphatic carbocycles. The van der Waals surface area contributed by atoms with E-state index < -0.39 is 0 Å². The monoisotopic (exact) mass is 560 g/mol. The van der Waals surface area contributed by atoms with Gasteiger partial charge in [0.15, 0.2) is 23.0 Å². The van der Waals surface area contributed by atoms with Gasteiger partial charge in [0.1, 0.15) is 6.61 Å². The summed E-state index contributed by atoms with van der Waals surface area (Å²) in [6.07, 6.45) is 1.53. The van der Waals surface area contributed by atoms with Gasteiger partial charge in [-0.15, -0.1) is 0 Å². The Morgan fingerprint density at radius 3 is 2.37 bits per heavy atom. The van der Waals surface area contributed by atoms with Crippen LogP contribution in [0.5, 0.6) is 23.0 Å². The maximum absolute atomic E-state index is 12.5. The van der Waals surface area contributed by atoms with Crippen molar-refractivity contribution in [3.8, 4) is 23.0 Å². The molecule has 3 aromatic carbocycles. The van der Waals surface area contributed by atoms with Crippen LogP contribution in [0.4, 0.5) is 0 Å². The van der Waals surface area contributed by atoms with Crippen LogP contribution in [0.1, 0.15) is 35.3 Å². The SMILES string of the molecule is CCOc1cc(C(=O)N/N=C/c2cc(Br)c(OCc3ccc(Cl)cc3)c(OCC)c2)ccc1OC. The molecule has 0 heterocycles. The summed E-state index contributed by atoms with van der Waals surface area (Å²) in [6.45, 7) is 5.02. The summed E-state index contributed by atoms with van der Waals surface area (Å²) in [5.41, 5.74) is 4.61. The molecule has 3 aromatic rings. The fraction of sp³-hybridized carbons (Fsp3) is 0.231. The summed E-state index contributed by atoms with van der Waals surface area (Å²) in [5, 5.41) is 4.75. The highest BCUT2D eigenvalue weighted by Crippen LogP contribution is 2.37. The number of hydrogen-bond donors (Lipinski definition) is 1. The summed E-state index contributed by atoms with van der Waals surface area (Å²) >= 11 is 9.49. The molecule has 0 bridgehead atoms. The van der Waals surface area contributed by atoms with Gasteiger partial charge in [-0.3, -0.25) is 4.79 Å². The summed E-state index contributed by atoms with van der Waals surface area (Å²) in [5.74, 6) is 1.80. The molecule has 1 amide bonds. The lowest BCUT2D eigenvalue weighted by atomic mass is 10.2. The Morgan fingerprint density at radius 1 is 0.971 bits per heavy atom. The van der Waals surface area contributed by atoms with Crippen LogP contribution in [0.25, 0.3) is 0 Å². The second kappa shape index (κ2) is 13.0. The first-order chi connectivity index (χ1) is 16.9. The minimum absolute atomic E-state index is 0.352. The largest absolute Gasteiger partial charge is 0.493 e. The third-order valence-electron chi connectivity index (χ3n) is 4.73. The lowest BCUT2D eigenvalue weighted by Gasteiger charge is -2.15. The lowest BCUT2D eigenvalue weighted by Crippen LogP contribution is -2.17.